The summed E-state index contributed by atoms with van der Waals surface area (Å²) in [5, 5.41) is 10.9. The normalized spacial score (nSPS) is 20.5. The maximum Gasteiger partial charge on any atom is 0.221 e. The van der Waals surface area contributed by atoms with E-state index in [0.29, 0.717) is 30.2 Å². The first-order chi connectivity index (χ1) is 14.6. The molecule has 1 aromatic carbocycles. The molecule has 5 nitrogen and oxygen atoms in total. The van der Waals surface area contributed by atoms with Crippen molar-refractivity contribution in [3.05, 3.63) is 53.4 Å². The first kappa shape index (κ1) is 20.6. The van der Waals surface area contributed by atoms with E-state index in [1.807, 2.05) is 37.3 Å². The molecule has 30 heavy (non-hydrogen) atoms. The third-order valence-electron chi connectivity index (χ3n) is 6.31. The molecule has 1 atom stereocenters. The molecule has 2 aliphatic rings. The number of benzene rings is 1. The zero-order chi connectivity index (χ0) is 21.1. The van der Waals surface area contributed by atoms with Gasteiger partial charge in [-0.25, -0.2) is 4.98 Å². The number of ketones is 1. The lowest BCUT2D eigenvalue weighted by atomic mass is 9.77. The minimum atomic E-state index is 0.0363. The highest BCUT2D eigenvalue weighted by molar-refractivity contribution is 6.22. The molecule has 1 aliphatic heterocycles. The number of hydrogen-bond donors (Lipinski definition) is 1. The van der Waals surface area contributed by atoms with E-state index in [4.69, 9.17) is 9.47 Å². The molecular formula is C25H29NO4. The van der Waals surface area contributed by atoms with Crippen LogP contribution in [-0.2, 0) is 9.53 Å². The van der Waals surface area contributed by atoms with Gasteiger partial charge >= 0.3 is 0 Å². The van der Waals surface area contributed by atoms with Gasteiger partial charge in [0, 0.05) is 37.8 Å². The quantitative estimate of drug-likeness (QED) is 0.744. The van der Waals surface area contributed by atoms with Crippen LogP contribution in [0.25, 0.3) is 16.7 Å². The largest absolute Gasteiger partial charge is 0.512 e. The predicted octanol–water partition coefficient (Wildman–Crippen LogP) is 5.13. The number of Topliss-reactive ketones (excluding diaryl/α,β-unsaturated/α-hetero) is 1. The summed E-state index contributed by atoms with van der Waals surface area (Å²) in [5.74, 6) is 1.60. The van der Waals surface area contributed by atoms with Gasteiger partial charge in [-0.15, -0.1) is 0 Å². The van der Waals surface area contributed by atoms with Crippen LogP contribution in [0.5, 0.6) is 5.88 Å². The van der Waals surface area contributed by atoms with Gasteiger partial charge in [0.1, 0.15) is 5.76 Å². The Labute approximate surface area is 177 Å². The maximum atomic E-state index is 13.1. The van der Waals surface area contributed by atoms with Gasteiger partial charge in [0.15, 0.2) is 5.78 Å². The number of aliphatic hydroxyl groups excluding tert-OH is 1. The van der Waals surface area contributed by atoms with Crippen molar-refractivity contribution in [2.45, 2.75) is 39.0 Å². The number of carbonyl (C=O) groups is 1. The van der Waals surface area contributed by atoms with Crippen molar-refractivity contribution in [1.29, 1.82) is 0 Å². The van der Waals surface area contributed by atoms with Gasteiger partial charge in [0.25, 0.3) is 0 Å². The van der Waals surface area contributed by atoms with Crippen molar-refractivity contribution in [3.8, 4) is 17.0 Å². The van der Waals surface area contributed by atoms with Gasteiger partial charge in [-0.3, -0.25) is 4.79 Å². The molecule has 2 aromatic rings. The van der Waals surface area contributed by atoms with Gasteiger partial charge < -0.3 is 14.6 Å². The Morgan fingerprint density at radius 3 is 2.67 bits per heavy atom. The van der Waals surface area contributed by atoms with Gasteiger partial charge in [-0.2, -0.15) is 0 Å². The fraction of sp³-hybridized carbons (Fsp3) is 0.440. The van der Waals surface area contributed by atoms with Crippen LogP contribution >= 0.6 is 0 Å². The van der Waals surface area contributed by atoms with Crippen molar-refractivity contribution in [1.82, 2.24) is 4.98 Å². The molecule has 1 N–H and O–H groups in total. The van der Waals surface area contributed by atoms with Crippen LogP contribution in [0.15, 0.2) is 42.3 Å². The molecule has 0 radical (unpaired) electrons. The fourth-order valence-corrected chi connectivity index (χ4v) is 4.73. The average molecular weight is 408 g/mol. The number of pyridine rings is 1. The van der Waals surface area contributed by atoms with Gasteiger partial charge in [-0.1, -0.05) is 12.1 Å². The molecule has 1 fully saturated rings. The molecular weight excluding hydrogens is 378 g/mol. The van der Waals surface area contributed by atoms with Gasteiger partial charge in [-0.05, 0) is 72.9 Å². The van der Waals surface area contributed by atoms with Crippen LogP contribution in [0.2, 0.25) is 0 Å². The van der Waals surface area contributed by atoms with Crippen LogP contribution in [0.4, 0.5) is 0 Å². The Balaban J connectivity index is 1.62. The molecule has 1 aromatic heterocycles. The highest BCUT2D eigenvalue weighted by Gasteiger charge is 2.31. The average Bonchev–Trinajstić information content (AvgIpc) is 2.75. The Hall–Kier alpha value is -2.66. The Morgan fingerprint density at radius 1 is 1.13 bits per heavy atom. The van der Waals surface area contributed by atoms with Crippen LogP contribution in [0.3, 0.4) is 0 Å². The second-order valence-electron chi connectivity index (χ2n) is 8.40. The summed E-state index contributed by atoms with van der Waals surface area (Å²) in [6, 6.07) is 9.76. The van der Waals surface area contributed by atoms with Crippen molar-refractivity contribution >= 4 is 11.4 Å². The van der Waals surface area contributed by atoms with Crippen LogP contribution in [-0.4, -0.2) is 36.2 Å². The van der Waals surface area contributed by atoms with Gasteiger partial charge in [0.2, 0.25) is 5.88 Å². The summed E-state index contributed by atoms with van der Waals surface area (Å²) in [5.41, 5.74) is 4.02. The second-order valence-corrected chi connectivity index (χ2v) is 8.40. The molecule has 1 saturated heterocycles. The summed E-state index contributed by atoms with van der Waals surface area (Å²) in [4.78, 5) is 17.4. The number of methoxy groups -OCH3 is 1. The number of aliphatic hydroxyl groups is 1. The summed E-state index contributed by atoms with van der Waals surface area (Å²) in [6.07, 6.45) is 5.84. The maximum absolute atomic E-state index is 13.1. The van der Waals surface area contributed by atoms with E-state index in [0.717, 1.165) is 54.7 Å². The molecule has 158 valence electrons. The summed E-state index contributed by atoms with van der Waals surface area (Å²) in [6.45, 7) is 3.59. The predicted molar refractivity (Wildman–Crippen MR) is 116 cm³/mol. The Bertz CT molecular complexity index is 959. The van der Waals surface area contributed by atoms with Crippen LogP contribution in [0.1, 0.15) is 43.2 Å². The second kappa shape index (κ2) is 9.00. The van der Waals surface area contributed by atoms with Crippen molar-refractivity contribution in [2.24, 2.45) is 11.8 Å². The van der Waals surface area contributed by atoms with E-state index in [-0.39, 0.29) is 17.5 Å². The number of nitrogens with zero attached hydrogens (tertiary/aromatic N) is 1. The van der Waals surface area contributed by atoms with Crippen molar-refractivity contribution in [2.75, 3.05) is 20.3 Å². The van der Waals surface area contributed by atoms with Crippen LogP contribution < -0.4 is 4.74 Å². The van der Waals surface area contributed by atoms with E-state index in [1.165, 1.54) is 0 Å². The lowest BCUT2D eigenvalue weighted by Crippen LogP contribution is -2.24. The minimum Gasteiger partial charge on any atom is -0.512 e. The van der Waals surface area contributed by atoms with E-state index in [2.05, 4.69) is 4.98 Å². The number of carbonyl (C=O) groups excluding carboxylic acids is 1. The number of aryl methyl sites for hydroxylation is 1. The van der Waals surface area contributed by atoms with Gasteiger partial charge in [0.05, 0.1) is 12.7 Å². The minimum absolute atomic E-state index is 0.0363. The third-order valence-corrected chi connectivity index (χ3v) is 6.31. The molecule has 1 unspecified atom stereocenters. The lowest BCUT2D eigenvalue weighted by molar-refractivity contribution is -0.115. The molecule has 1 aliphatic carbocycles. The van der Waals surface area contributed by atoms with Crippen molar-refractivity contribution < 1.29 is 19.4 Å². The van der Waals surface area contributed by atoms with E-state index >= 15 is 0 Å². The first-order valence-electron chi connectivity index (χ1n) is 10.7. The zero-order valence-electron chi connectivity index (χ0n) is 17.7. The molecule has 4 rings (SSSR count). The third kappa shape index (κ3) is 4.26. The molecule has 0 bridgehead atoms. The lowest BCUT2D eigenvalue weighted by Gasteiger charge is -2.29. The van der Waals surface area contributed by atoms with E-state index in [1.54, 1.807) is 13.3 Å². The van der Waals surface area contributed by atoms with Crippen molar-refractivity contribution in [3.63, 3.8) is 0 Å². The topological polar surface area (TPSA) is 68.7 Å². The summed E-state index contributed by atoms with van der Waals surface area (Å²) in [7, 11) is 1.60. The SMILES string of the molecule is COc1ncccc1-c1ccc(C)c(C2=C(O)CC(CC3CCOCC3)CC2=O)c1. The monoisotopic (exact) mass is 407 g/mol. The highest BCUT2D eigenvalue weighted by Crippen LogP contribution is 2.39. The number of allylic oxidation sites excluding steroid dienone is 2. The number of rotatable bonds is 5. The number of hydrogen-bond acceptors (Lipinski definition) is 5. The number of aromatic nitrogens is 1. The first-order valence-corrected chi connectivity index (χ1v) is 10.7. The molecule has 0 amide bonds. The fourth-order valence-electron chi connectivity index (χ4n) is 4.73. The van der Waals surface area contributed by atoms with E-state index < -0.39 is 0 Å². The highest BCUT2D eigenvalue weighted by atomic mass is 16.5. The standard InChI is InChI=1S/C25H29NO4/c1-16-5-6-19(20-4-3-9-26-25(20)29-2)15-21(16)24-22(27)13-18(14-23(24)28)12-17-7-10-30-11-8-17/h3-6,9,15,17-18,27H,7-8,10-14H2,1-2H3. The smallest absolute Gasteiger partial charge is 0.221 e. The number of ether oxygens (including phenoxy) is 2. The molecule has 2 heterocycles. The zero-order valence-corrected chi connectivity index (χ0v) is 17.7. The Kier molecular flexibility index (Phi) is 6.18. The molecule has 5 heteroatoms. The summed E-state index contributed by atoms with van der Waals surface area (Å²) < 4.78 is 10.8. The van der Waals surface area contributed by atoms with E-state index in [9.17, 15) is 9.90 Å². The van der Waals surface area contributed by atoms with Crippen LogP contribution in [0, 0.1) is 18.8 Å². The molecule has 0 spiro atoms. The summed E-state index contributed by atoms with van der Waals surface area (Å²) >= 11 is 0. The Morgan fingerprint density at radius 2 is 1.93 bits per heavy atom. The molecule has 0 saturated carbocycles.